The van der Waals surface area contributed by atoms with Crippen molar-refractivity contribution in [3.63, 3.8) is 0 Å². The van der Waals surface area contributed by atoms with Crippen molar-refractivity contribution in [3.8, 4) is 0 Å². The minimum atomic E-state index is -0.286. The number of hydrogen-bond donors (Lipinski definition) is 2. The fourth-order valence-corrected chi connectivity index (χ4v) is 3.61. The molecule has 3 aromatic rings. The van der Waals surface area contributed by atoms with E-state index in [0.717, 1.165) is 22.6 Å². The number of aromatic nitrogens is 1. The monoisotopic (exact) mass is 385 g/mol. The van der Waals surface area contributed by atoms with E-state index >= 15 is 0 Å². The van der Waals surface area contributed by atoms with Crippen molar-refractivity contribution in [2.45, 2.75) is 25.4 Å². The second kappa shape index (κ2) is 8.45. The van der Waals surface area contributed by atoms with Crippen molar-refractivity contribution in [1.82, 2.24) is 10.3 Å². The van der Waals surface area contributed by atoms with E-state index in [-0.39, 0.29) is 18.0 Å². The van der Waals surface area contributed by atoms with Crippen LogP contribution in [-0.4, -0.2) is 10.9 Å². The number of halogens is 1. The van der Waals surface area contributed by atoms with Gasteiger partial charge in [0.05, 0.1) is 12.1 Å². The van der Waals surface area contributed by atoms with Gasteiger partial charge >= 0.3 is 0 Å². The molecule has 0 fully saturated rings. The molecule has 26 heavy (non-hydrogen) atoms. The Morgan fingerprint density at radius 1 is 1.15 bits per heavy atom. The van der Waals surface area contributed by atoms with E-state index in [4.69, 9.17) is 17.3 Å². The standard InChI is InChI=1S/C20H20ClN3OS/c1-2-16(22)20-23-17(12-26-20)19(25)24-18(13-6-4-3-5-7-13)14-8-10-15(21)11-9-14/h3-12,16,18H,2,22H2,1H3,(H,24,25). The highest BCUT2D eigenvalue weighted by Gasteiger charge is 2.20. The normalized spacial score (nSPS) is 13.2. The maximum Gasteiger partial charge on any atom is 0.271 e. The highest BCUT2D eigenvalue weighted by Crippen LogP contribution is 2.25. The minimum absolute atomic E-state index is 0.136. The van der Waals surface area contributed by atoms with Crippen LogP contribution in [0.4, 0.5) is 0 Å². The van der Waals surface area contributed by atoms with Gasteiger partial charge in [-0.15, -0.1) is 11.3 Å². The summed E-state index contributed by atoms with van der Waals surface area (Å²) in [6.45, 7) is 2.00. The summed E-state index contributed by atoms with van der Waals surface area (Å²) in [5.41, 5.74) is 8.34. The fraction of sp³-hybridized carbons (Fsp3) is 0.200. The molecule has 0 aliphatic carbocycles. The molecule has 0 radical (unpaired) electrons. The summed E-state index contributed by atoms with van der Waals surface area (Å²) in [5.74, 6) is -0.223. The molecule has 1 heterocycles. The molecule has 0 saturated carbocycles. The zero-order valence-electron chi connectivity index (χ0n) is 14.4. The molecule has 2 aromatic carbocycles. The number of carbonyl (C=O) groups is 1. The highest BCUT2D eigenvalue weighted by atomic mass is 35.5. The molecule has 0 bridgehead atoms. The van der Waals surface area contributed by atoms with Crippen molar-refractivity contribution < 1.29 is 4.79 Å². The molecular formula is C20H20ClN3OS. The highest BCUT2D eigenvalue weighted by molar-refractivity contribution is 7.09. The van der Waals surface area contributed by atoms with Crippen LogP contribution in [0.1, 0.15) is 52.1 Å². The summed E-state index contributed by atoms with van der Waals surface area (Å²) in [4.78, 5) is 17.2. The summed E-state index contributed by atoms with van der Waals surface area (Å²) in [7, 11) is 0. The van der Waals surface area contributed by atoms with E-state index in [0.29, 0.717) is 10.7 Å². The van der Waals surface area contributed by atoms with E-state index in [2.05, 4.69) is 10.3 Å². The summed E-state index contributed by atoms with van der Waals surface area (Å²) in [6.07, 6.45) is 0.784. The van der Waals surface area contributed by atoms with E-state index in [1.54, 1.807) is 5.38 Å². The van der Waals surface area contributed by atoms with E-state index in [9.17, 15) is 4.79 Å². The van der Waals surface area contributed by atoms with E-state index in [1.165, 1.54) is 11.3 Å². The van der Waals surface area contributed by atoms with Crippen LogP contribution in [-0.2, 0) is 0 Å². The van der Waals surface area contributed by atoms with Gasteiger partial charge in [-0.3, -0.25) is 4.79 Å². The van der Waals surface area contributed by atoms with Crippen molar-refractivity contribution in [2.24, 2.45) is 5.73 Å². The third-order valence-corrected chi connectivity index (χ3v) is 5.35. The average molecular weight is 386 g/mol. The number of thiazole rings is 1. The second-order valence-electron chi connectivity index (χ2n) is 5.95. The molecule has 134 valence electrons. The zero-order valence-corrected chi connectivity index (χ0v) is 15.9. The molecule has 1 amide bonds. The van der Waals surface area contributed by atoms with Crippen LogP contribution in [0.25, 0.3) is 0 Å². The fourth-order valence-electron chi connectivity index (χ4n) is 2.60. The van der Waals surface area contributed by atoms with Gasteiger partial charge in [0, 0.05) is 10.4 Å². The quantitative estimate of drug-likeness (QED) is 0.644. The first-order chi connectivity index (χ1) is 12.6. The Morgan fingerprint density at radius 2 is 1.81 bits per heavy atom. The first kappa shape index (κ1) is 18.6. The average Bonchev–Trinajstić information content (AvgIpc) is 3.17. The van der Waals surface area contributed by atoms with Gasteiger partial charge in [-0.1, -0.05) is 61.0 Å². The summed E-state index contributed by atoms with van der Waals surface area (Å²) in [5, 5.41) is 6.27. The minimum Gasteiger partial charge on any atom is -0.340 e. The second-order valence-corrected chi connectivity index (χ2v) is 7.28. The maximum absolute atomic E-state index is 12.8. The third kappa shape index (κ3) is 4.30. The first-order valence-corrected chi connectivity index (χ1v) is 9.66. The van der Waals surface area contributed by atoms with Crippen LogP contribution in [0.2, 0.25) is 5.02 Å². The van der Waals surface area contributed by atoms with Gasteiger partial charge in [0.2, 0.25) is 0 Å². The van der Waals surface area contributed by atoms with Crippen molar-refractivity contribution in [3.05, 3.63) is 86.8 Å². The van der Waals surface area contributed by atoms with Gasteiger partial charge in [0.25, 0.3) is 5.91 Å². The van der Waals surface area contributed by atoms with E-state index in [1.807, 2.05) is 61.5 Å². The van der Waals surface area contributed by atoms with Gasteiger partial charge in [-0.05, 0) is 29.7 Å². The number of carbonyl (C=O) groups excluding carboxylic acids is 1. The SMILES string of the molecule is CCC(N)c1nc(C(=O)NC(c2ccccc2)c2ccc(Cl)cc2)cs1. The van der Waals surface area contributed by atoms with Crippen molar-refractivity contribution >= 4 is 28.8 Å². The molecule has 2 unspecified atom stereocenters. The van der Waals surface area contributed by atoms with Crippen molar-refractivity contribution in [2.75, 3.05) is 0 Å². The largest absolute Gasteiger partial charge is 0.340 e. The van der Waals surface area contributed by atoms with Gasteiger partial charge in [-0.2, -0.15) is 0 Å². The number of nitrogens with one attached hydrogen (secondary N) is 1. The Hall–Kier alpha value is -2.21. The maximum atomic E-state index is 12.8. The lowest BCUT2D eigenvalue weighted by atomic mass is 9.98. The molecule has 4 nitrogen and oxygen atoms in total. The number of nitrogens with two attached hydrogens (primary N) is 1. The Kier molecular flexibility index (Phi) is 6.04. The summed E-state index contributed by atoms with van der Waals surface area (Å²) < 4.78 is 0. The number of hydrogen-bond acceptors (Lipinski definition) is 4. The molecule has 1 aromatic heterocycles. The van der Waals surface area contributed by atoms with Gasteiger partial charge in [0.1, 0.15) is 10.7 Å². The molecular weight excluding hydrogens is 366 g/mol. The lowest BCUT2D eigenvalue weighted by molar-refractivity contribution is 0.0938. The van der Waals surface area contributed by atoms with Crippen LogP contribution >= 0.6 is 22.9 Å². The molecule has 0 saturated heterocycles. The predicted octanol–water partition coefficient (Wildman–Crippen LogP) is 4.73. The number of amides is 1. The number of rotatable bonds is 6. The van der Waals surface area contributed by atoms with Gasteiger partial charge in [-0.25, -0.2) is 4.98 Å². The molecule has 0 aliphatic heterocycles. The Morgan fingerprint density at radius 3 is 2.46 bits per heavy atom. The number of nitrogens with zero attached hydrogens (tertiary/aromatic N) is 1. The van der Waals surface area contributed by atoms with Crippen LogP contribution in [0.15, 0.2) is 60.0 Å². The number of benzene rings is 2. The van der Waals surface area contributed by atoms with Gasteiger partial charge in [0.15, 0.2) is 0 Å². The third-order valence-electron chi connectivity index (χ3n) is 4.12. The lowest BCUT2D eigenvalue weighted by Gasteiger charge is -2.19. The molecule has 3 N–H and O–H groups in total. The van der Waals surface area contributed by atoms with Gasteiger partial charge < -0.3 is 11.1 Å². The molecule has 3 rings (SSSR count). The van der Waals surface area contributed by atoms with Crippen LogP contribution < -0.4 is 11.1 Å². The van der Waals surface area contributed by atoms with Crippen molar-refractivity contribution in [1.29, 1.82) is 0 Å². The predicted molar refractivity (Wildman–Crippen MR) is 107 cm³/mol. The molecule has 2 atom stereocenters. The van der Waals surface area contributed by atoms with Crippen LogP contribution in [0.3, 0.4) is 0 Å². The van der Waals surface area contributed by atoms with E-state index < -0.39 is 0 Å². The Labute approximate surface area is 162 Å². The zero-order chi connectivity index (χ0) is 18.5. The smallest absolute Gasteiger partial charge is 0.271 e. The Bertz CT molecular complexity index is 864. The molecule has 0 spiro atoms. The van der Waals surface area contributed by atoms with Crippen LogP contribution in [0, 0.1) is 0 Å². The first-order valence-electron chi connectivity index (χ1n) is 8.40. The molecule has 0 aliphatic rings. The summed E-state index contributed by atoms with van der Waals surface area (Å²) >= 11 is 7.42. The van der Waals surface area contributed by atoms with Crippen LogP contribution in [0.5, 0.6) is 0 Å². The molecule has 6 heteroatoms. The Balaban J connectivity index is 1.87. The lowest BCUT2D eigenvalue weighted by Crippen LogP contribution is -2.29. The summed E-state index contributed by atoms with van der Waals surface area (Å²) in [6, 6.07) is 16.9. The topological polar surface area (TPSA) is 68.0 Å².